The van der Waals surface area contributed by atoms with Crippen LogP contribution in [0.15, 0.2) is 36.7 Å². The lowest BCUT2D eigenvalue weighted by atomic mass is 10.2. The average Bonchev–Trinajstić information content (AvgIpc) is 3.32. The summed E-state index contributed by atoms with van der Waals surface area (Å²) < 4.78 is 19.1. The molecule has 0 spiro atoms. The molecule has 1 saturated heterocycles. The number of rotatable bonds is 5. The van der Waals surface area contributed by atoms with Crippen molar-refractivity contribution in [1.82, 2.24) is 19.5 Å². The number of esters is 1. The van der Waals surface area contributed by atoms with Gasteiger partial charge in [0.25, 0.3) is 0 Å². The Balaban J connectivity index is 1.43. The topological polar surface area (TPSA) is 114 Å². The predicted octanol–water partition coefficient (Wildman–Crippen LogP) is 2.07. The fourth-order valence-electron chi connectivity index (χ4n) is 2.78. The molecular formula is C17H16IN5O4. The second kappa shape index (κ2) is 7.74. The van der Waals surface area contributed by atoms with Crippen LogP contribution in [0.1, 0.15) is 22.3 Å². The summed E-state index contributed by atoms with van der Waals surface area (Å²) in [5.41, 5.74) is 8.31. The molecule has 1 aromatic carbocycles. The van der Waals surface area contributed by atoms with Gasteiger partial charge in [-0.3, -0.25) is 4.57 Å². The molecule has 27 heavy (non-hydrogen) atoms. The quantitative estimate of drug-likeness (QED) is 0.335. The monoisotopic (exact) mass is 481 g/mol. The van der Waals surface area contributed by atoms with Crippen LogP contribution in [0.2, 0.25) is 0 Å². The highest BCUT2D eigenvalue weighted by molar-refractivity contribution is 14.1. The largest absolute Gasteiger partial charge is 0.457 e. The summed E-state index contributed by atoms with van der Waals surface area (Å²) in [6.45, 7) is 0.273. The zero-order chi connectivity index (χ0) is 18.8. The fourth-order valence-corrected chi connectivity index (χ4v) is 3.31. The second-order valence-electron chi connectivity index (χ2n) is 5.80. The van der Waals surface area contributed by atoms with Gasteiger partial charge in [-0.05, 0) is 12.1 Å². The smallest absolute Gasteiger partial charge is 0.338 e. The first kappa shape index (κ1) is 18.1. The van der Waals surface area contributed by atoms with Gasteiger partial charge in [-0.2, -0.15) is 4.98 Å². The van der Waals surface area contributed by atoms with Crippen LogP contribution in [0.4, 0.5) is 5.95 Å². The molecule has 2 atom stereocenters. The standard InChI is InChI=1S/C17H16IN5O4/c18-6-11-14-15(22-17(19)21-11)23(9-20-14)12-7-25-13(27-12)8-26-16(24)10-4-2-1-3-5-10/h1-5,9,12-13H,6-8H2,(H2,19,21,22)/t12?,13-/m1/s1. The number of nitrogen functional groups attached to an aromatic ring is 1. The second-order valence-corrected chi connectivity index (χ2v) is 6.57. The number of carbonyl (C=O) groups excluding carboxylic acids is 1. The molecule has 10 heteroatoms. The summed E-state index contributed by atoms with van der Waals surface area (Å²) in [6, 6.07) is 8.76. The van der Waals surface area contributed by atoms with E-state index >= 15 is 0 Å². The van der Waals surface area contributed by atoms with Crippen LogP contribution < -0.4 is 5.73 Å². The van der Waals surface area contributed by atoms with Gasteiger partial charge in [0.2, 0.25) is 5.95 Å². The highest BCUT2D eigenvalue weighted by Gasteiger charge is 2.30. The van der Waals surface area contributed by atoms with E-state index in [1.165, 1.54) is 0 Å². The molecule has 0 aliphatic carbocycles. The van der Waals surface area contributed by atoms with Gasteiger partial charge in [-0.15, -0.1) is 0 Å². The van der Waals surface area contributed by atoms with Crippen molar-refractivity contribution in [2.75, 3.05) is 18.9 Å². The normalized spacial score (nSPS) is 19.4. The number of nitrogens with zero attached hydrogens (tertiary/aromatic N) is 4. The molecule has 1 unspecified atom stereocenters. The minimum absolute atomic E-state index is 0.00696. The van der Waals surface area contributed by atoms with Gasteiger partial charge in [0, 0.05) is 4.43 Å². The highest BCUT2D eigenvalue weighted by atomic mass is 127. The molecule has 1 fully saturated rings. The van der Waals surface area contributed by atoms with Crippen LogP contribution in [-0.4, -0.2) is 45.0 Å². The van der Waals surface area contributed by atoms with E-state index in [1.54, 1.807) is 35.2 Å². The minimum atomic E-state index is -0.664. The van der Waals surface area contributed by atoms with Crippen LogP contribution in [0, 0.1) is 0 Å². The molecule has 4 rings (SSSR count). The lowest BCUT2D eigenvalue weighted by Gasteiger charge is -2.13. The molecule has 1 aliphatic heterocycles. The molecule has 2 aromatic heterocycles. The Morgan fingerprint density at radius 1 is 1.33 bits per heavy atom. The van der Waals surface area contributed by atoms with E-state index in [9.17, 15) is 4.79 Å². The molecule has 0 amide bonds. The van der Waals surface area contributed by atoms with E-state index in [2.05, 4.69) is 37.5 Å². The van der Waals surface area contributed by atoms with Gasteiger partial charge in [0.15, 0.2) is 18.2 Å². The Bertz CT molecular complexity index is 965. The Kier molecular flexibility index (Phi) is 5.18. The molecule has 0 saturated carbocycles. The first-order valence-corrected chi connectivity index (χ1v) is 9.72. The SMILES string of the molecule is Nc1nc(CI)c2ncn(C3CO[C@@H](COC(=O)c4ccccc4)O3)c2n1. The maximum Gasteiger partial charge on any atom is 0.338 e. The molecule has 3 aromatic rings. The molecule has 140 valence electrons. The maximum atomic E-state index is 12.0. The Hall–Kier alpha value is -2.31. The molecule has 0 radical (unpaired) electrons. The van der Waals surface area contributed by atoms with E-state index < -0.39 is 18.5 Å². The van der Waals surface area contributed by atoms with Crippen molar-refractivity contribution in [3.63, 3.8) is 0 Å². The predicted molar refractivity (Wildman–Crippen MR) is 104 cm³/mol. The molecule has 3 heterocycles. The van der Waals surface area contributed by atoms with Gasteiger partial charge in [-0.25, -0.2) is 14.8 Å². The van der Waals surface area contributed by atoms with E-state index in [0.717, 1.165) is 5.69 Å². The third-order valence-corrected chi connectivity index (χ3v) is 4.76. The number of imidazole rings is 1. The number of anilines is 1. The molecular weight excluding hydrogens is 465 g/mol. The van der Waals surface area contributed by atoms with Crippen LogP contribution in [-0.2, 0) is 18.6 Å². The molecule has 2 N–H and O–H groups in total. The third-order valence-electron chi connectivity index (χ3n) is 4.04. The number of ether oxygens (including phenoxy) is 3. The third kappa shape index (κ3) is 3.73. The maximum absolute atomic E-state index is 12.0. The van der Waals surface area contributed by atoms with Gasteiger partial charge in [0.1, 0.15) is 12.1 Å². The Labute approximate surface area is 168 Å². The van der Waals surface area contributed by atoms with E-state index in [0.29, 0.717) is 21.2 Å². The number of nitrogens with two attached hydrogens (primary N) is 1. The lowest BCUT2D eigenvalue weighted by Crippen LogP contribution is -2.20. The van der Waals surface area contributed by atoms with Gasteiger partial charge in [-0.1, -0.05) is 40.8 Å². The molecule has 9 nitrogen and oxygen atoms in total. The van der Waals surface area contributed by atoms with Crippen molar-refractivity contribution in [2.45, 2.75) is 16.9 Å². The molecule has 0 bridgehead atoms. The van der Waals surface area contributed by atoms with Crippen molar-refractivity contribution < 1.29 is 19.0 Å². The number of alkyl halides is 1. The Morgan fingerprint density at radius 2 is 2.15 bits per heavy atom. The average molecular weight is 481 g/mol. The zero-order valence-electron chi connectivity index (χ0n) is 14.1. The minimum Gasteiger partial charge on any atom is -0.457 e. The lowest BCUT2D eigenvalue weighted by molar-refractivity contribution is -0.102. The first-order valence-electron chi connectivity index (χ1n) is 8.20. The van der Waals surface area contributed by atoms with Gasteiger partial charge in [0.05, 0.1) is 24.2 Å². The number of benzene rings is 1. The van der Waals surface area contributed by atoms with Crippen LogP contribution >= 0.6 is 22.6 Å². The van der Waals surface area contributed by atoms with Crippen LogP contribution in [0.3, 0.4) is 0 Å². The van der Waals surface area contributed by atoms with Crippen LogP contribution in [0.5, 0.6) is 0 Å². The van der Waals surface area contributed by atoms with Crippen molar-refractivity contribution in [3.8, 4) is 0 Å². The van der Waals surface area contributed by atoms with Gasteiger partial charge < -0.3 is 19.9 Å². The van der Waals surface area contributed by atoms with Crippen LogP contribution in [0.25, 0.3) is 11.2 Å². The zero-order valence-corrected chi connectivity index (χ0v) is 16.3. The number of hydrogen-bond donors (Lipinski definition) is 1. The number of fused-ring (bicyclic) bond motifs is 1. The number of aromatic nitrogens is 4. The fraction of sp³-hybridized carbons (Fsp3) is 0.294. The molecule has 1 aliphatic rings. The number of carbonyl (C=O) groups is 1. The summed E-state index contributed by atoms with van der Waals surface area (Å²) in [4.78, 5) is 24.9. The highest BCUT2D eigenvalue weighted by Crippen LogP contribution is 2.26. The Morgan fingerprint density at radius 3 is 2.93 bits per heavy atom. The first-order chi connectivity index (χ1) is 13.2. The van der Waals surface area contributed by atoms with Crippen molar-refractivity contribution in [1.29, 1.82) is 0 Å². The number of halogens is 1. The van der Waals surface area contributed by atoms with E-state index in [-0.39, 0.29) is 19.2 Å². The summed E-state index contributed by atoms with van der Waals surface area (Å²) >= 11 is 2.20. The summed E-state index contributed by atoms with van der Waals surface area (Å²) in [5.74, 6) is -0.241. The van der Waals surface area contributed by atoms with Crippen molar-refractivity contribution in [3.05, 3.63) is 47.9 Å². The van der Waals surface area contributed by atoms with Crippen molar-refractivity contribution in [2.24, 2.45) is 0 Å². The summed E-state index contributed by atoms with van der Waals surface area (Å²) in [7, 11) is 0. The van der Waals surface area contributed by atoms with E-state index in [1.807, 2.05) is 6.07 Å². The van der Waals surface area contributed by atoms with E-state index in [4.69, 9.17) is 19.9 Å². The summed E-state index contributed by atoms with van der Waals surface area (Å²) in [5, 5.41) is 0. The summed E-state index contributed by atoms with van der Waals surface area (Å²) in [6.07, 6.45) is 0.524. The van der Waals surface area contributed by atoms with Crippen molar-refractivity contribution >= 4 is 45.7 Å². The number of hydrogen-bond acceptors (Lipinski definition) is 8. The van der Waals surface area contributed by atoms with Gasteiger partial charge >= 0.3 is 5.97 Å².